The Hall–Kier alpha value is 0.323. The van der Waals surface area contributed by atoms with Gasteiger partial charge in [0.1, 0.15) is 0 Å². The Labute approximate surface area is 84.7 Å². The van der Waals surface area contributed by atoms with Gasteiger partial charge in [0.2, 0.25) is 0 Å². The average molecular weight is 268 g/mol. The predicted molar refractivity (Wildman–Crippen MR) is 52.2 cm³/mol. The SMILES string of the molecule is Br.[CH3][Zn]([CH3])[CH2]c1ccccc1. The van der Waals surface area contributed by atoms with E-state index < -0.39 is 16.0 Å². The van der Waals surface area contributed by atoms with Gasteiger partial charge in [-0.3, -0.25) is 0 Å². The van der Waals surface area contributed by atoms with Gasteiger partial charge in [0.25, 0.3) is 0 Å². The van der Waals surface area contributed by atoms with Gasteiger partial charge >= 0.3 is 67.9 Å². The second-order valence-corrected chi connectivity index (χ2v) is 11.7. The molecule has 1 rings (SSSR count). The first-order valence-electron chi connectivity index (χ1n) is 4.18. The van der Waals surface area contributed by atoms with Gasteiger partial charge < -0.3 is 0 Å². The van der Waals surface area contributed by atoms with E-state index >= 15 is 0 Å². The van der Waals surface area contributed by atoms with E-state index in [4.69, 9.17) is 0 Å². The summed E-state index contributed by atoms with van der Waals surface area (Å²) in [5, 5.41) is 1.40. The second kappa shape index (κ2) is 5.91. The van der Waals surface area contributed by atoms with Gasteiger partial charge in [-0.2, -0.15) is 0 Å². The van der Waals surface area contributed by atoms with Crippen LogP contribution < -0.4 is 0 Å². The monoisotopic (exact) mass is 265 g/mol. The maximum absolute atomic E-state index is 2.45. The fourth-order valence-electron chi connectivity index (χ4n) is 1.22. The van der Waals surface area contributed by atoms with Crippen molar-refractivity contribution in [3.8, 4) is 0 Å². The van der Waals surface area contributed by atoms with Crippen LogP contribution in [0.3, 0.4) is 0 Å². The summed E-state index contributed by atoms with van der Waals surface area (Å²) in [5.41, 5.74) is 6.44. The van der Waals surface area contributed by atoms with Crippen molar-refractivity contribution in [2.75, 3.05) is 0 Å². The molecule has 0 amide bonds. The van der Waals surface area contributed by atoms with E-state index in [1.807, 2.05) is 0 Å². The van der Waals surface area contributed by atoms with Crippen LogP contribution in [0.1, 0.15) is 5.56 Å². The summed E-state index contributed by atoms with van der Waals surface area (Å²) >= 11 is -0.979. The van der Waals surface area contributed by atoms with Crippen molar-refractivity contribution in [3.05, 3.63) is 35.9 Å². The van der Waals surface area contributed by atoms with E-state index in [1.54, 1.807) is 0 Å². The van der Waals surface area contributed by atoms with Crippen LogP contribution in [-0.4, -0.2) is 0 Å². The molecule has 0 atom stereocenters. The molecule has 0 nitrogen and oxygen atoms in total. The summed E-state index contributed by atoms with van der Waals surface area (Å²) in [7, 11) is 0. The zero-order valence-electron chi connectivity index (χ0n) is 7.21. The molecule has 0 bridgehead atoms. The van der Waals surface area contributed by atoms with Crippen LogP contribution in [0, 0.1) is 0 Å². The summed E-state index contributed by atoms with van der Waals surface area (Å²) in [6.07, 6.45) is 0. The fourth-order valence-corrected chi connectivity index (χ4v) is 4.34. The van der Waals surface area contributed by atoms with Gasteiger partial charge in [-0.1, -0.05) is 0 Å². The molecule has 0 aliphatic carbocycles. The third-order valence-corrected chi connectivity index (χ3v) is 4.94. The maximum atomic E-state index is 2.45. The van der Waals surface area contributed by atoms with E-state index in [0.717, 1.165) is 0 Å². The van der Waals surface area contributed by atoms with Crippen molar-refractivity contribution in [2.45, 2.75) is 16.1 Å². The number of benzene rings is 1. The molecule has 0 unspecified atom stereocenters. The predicted octanol–water partition coefficient (Wildman–Crippen LogP) is 3.48. The number of hydrogen-bond donors (Lipinski definition) is 0. The van der Waals surface area contributed by atoms with Crippen molar-refractivity contribution in [2.24, 2.45) is 0 Å². The zero-order valence-corrected chi connectivity index (χ0v) is 11.9. The van der Waals surface area contributed by atoms with Gasteiger partial charge in [-0.05, 0) is 0 Å². The molecule has 1 aromatic carbocycles. The normalized spacial score (nSPS) is 8.55. The van der Waals surface area contributed by atoms with E-state index in [9.17, 15) is 0 Å². The first-order chi connectivity index (χ1) is 4.79. The Kier molecular flexibility index (Phi) is 6.08. The molecular formula is C9H14BrZn. The standard InChI is InChI=1S/C7H7.2CH3.BrH.Zn/c1-7-5-3-2-4-6-7;;;;/h2-6H,1H2;2*1H3;1H;. The Morgan fingerprint density at radius 1 is 1.09 bits per heavy atom. The van der Waals surface area contributed by atoms with Crippen LogP contribution in [0.5, 0.6) is 0 Å². The summed E-state index contributed by atoms with van der Waals surface area (Å²) in [6.45, 7) is 0. The van der Waals surface area contributed by atoms with Crippen LogP contribution in [0.2, 0.25) is 11.0 Å². The molecule has 1 aromatic rings. The van der Waals surface area contributed by atoms with Gasteiger partial charge in [-0.15, -0.1) is 17.0 Å². The fraction of sp³-hybridized carbons (Fsp3) is 0.333. The molecule has 0 spiro atoms. The summed E-state index contributed by atoms with van der Waals surface area (Å²) in [6, 6.07) is 10.8. The molecule has 0 saturated carbocycles. The number of hydrogen-bond acceptors (Lipinski definition) is 0. The van der Waals surface area contributed by atoms with Crippen LogP contribution in [-0.2, 0) is 21.0 Å². The van der Waals surface area contributed by atoms with Crippen molar-refractivity contribution in [1.82, 2.24) is 0 Å². The quantitative estimate of drug-likeness (QED) is 0.720. The van der Waals surface area contributed by atoms with E-state index in [2.05, 4.69) is 41.4 Å². The van der Waals surface area contributed by atoms with Crippen molar-refractivity contribution in [3.63, 3.8) is 0 Å². The van der Waals surface area contributed by atoms with Gasteiger partial charge in [0.05, 0.1) is 0 Å². The second-order valence-electron chi connectivity index (χ2n) is 3.44. The molecule has 11 heavy (non-hydrogen) atoms. The summed E-state index contributed by atoms with van der Waals surface area (Å²) in [5.74, 6) is 0. The van der Waals surface area contributed by atoms with Crippen LogP contribution in [0.4, 0.5) is 0 Å². The van der Waals surface area contributed by atoms with Crippen LogP contribution in [0.15, 0.2) is 30.3 Å². The van der Waals surface area contributed by atoms with E-state index in [0.29, 0.717) is 0 Å². The van der Waals surface area contributed by atoms with Gasteiger partial charge in [0, 0.05) is 0 Å². The minimum atomic E-state index is -0.979. The first kappa shape index (κ1) is 11.3. The van der Waals surface area contributed by atoms with Gasteiger partial charge in [0.15, 0.2) is 0 Å². The molecule has 0 fully saturated rings. The molecule has 0 aliphatic rings. The molecule has 0 radical (unpaired) electrons. The molecule has 0 saturated heterocycles. The Bertz CT molecular complexity index is 184. The molecule has 2 heteroatoms. The van der Waals surface area contributed by atoms with Crippen molar-refractivity contribution < 1.29 is 16.0 Å². The van der Waals surface area contributed by atoms with Crippen molar-refractivity contribution >= 4 is 17.0 Å². The third-order valence-electron chi connectivity index (χ3n) is 1.63. The van der Waals surface area contributed by atoms with E-state index in [-0.39, 0.29) is 17.0 Å². The summed E-state index contributed by atoms with van der Waals surface area (Å²) < 4.78 is 0. The van der Waals surface area contributed by atoms with Crippen molar-refractivity contribution in [1.29, 1.82) is 0 Å². The van der Waals surface area contributed by atoms with E-state index in [1.165, 1.54) is 10.6 Å². The Morgan fingerprint density at radius 3 is 2.09 bits per heavy atom. The Balaban J connectivity index is 0.000001000. The summed E-state index contributed by atoms with van der Waals surface area (Å²) in [4.78, 5) is 0. The molecular weight excluding hydrogens is 253 g/mol. The topological polar surface area (TPSA) is 0 Å². The van der Waals surface area contributed by atoms with Crippen LogP contribution >= 0.6 is 17.0 Å². The minimum absolute atomic E-state index is 0. The number of halogens is 1. The van der Waals surface area contributed by atoms with Crippen LogP contribution in [0.25, 0.3) is 0 Å². The molecule has 59 valence electrons. The third kappa shape index (κ3) is 4.71. The average Bonchev–Trinajstić information content (AvgIpc) is 1.88. The first-order valence-corrected chi connectivity index (χ1v) is 12.2. The van der Waals surface area contributed by atoms with Gasteiger partial charge in [-0.25, -0.2) is 0 Å². The molecule has 0 heterocycles. The number of rotatable bonds is 2. The zero-order chi connectivity index (χ0) is 7.40. The molecule has 0 aliphatic heterocycles. The molecule has 0 aromatic heterocycles. The molecule has 0 N–H and O–H groups in total. The Morgan fingerprint density at radius 2 is 1.64 bits per heavy atom.